The van der Waals surface area contributed by atoms with Gasteiger partial charge in [-0.1, -0.05) is 0 Å². The second-order valence-corrected chi connectivity index (χ2v) is 3.94. The second-order valence-electron chi connectivity index (χ2n) is 3.94. The Balaban J connectivity index is 2.60. The highest BCUT2D eigenvalue weighted by molar-refractivity contribution is 5.84. The maximum absolute atomic E-state index is 11.7. The lowest BCUT2D eigenvalue weighted by Gasteiger charge is -2.16. The highest BCUT2D eigenvalue weighted by Crippen LogP contribution is 2.06. The molecule has 1 rings (SSSR count). The quantitative estimate of drug-likeness (QED) is 0.428. The van der Waals surface area contributed by atoms with E-state index in [1.54, 1.807) is 19.2 Å². The van der Waals surface area contributed by atoms with Gasteiger partial charge in [-0.25, -0.2) is 10.8 Å². The first-order chi connectivity index (χ1) is 8.02. The molecule has 0 spiro atoms. The fraction of sp³-hybridized carbons (Fsp3) is 0.500. The highest BCUT2D eigenvalue weighted by Gasteiger charge is 2.13. The number of hydrogen-bond acceptors (Lipinski definition) is 6. The van der Waals surface area contributed by atoms with Crippen LogP contribution in [0.15, 0.2) is 12.3 Å². The van der Waals surface area contributed by atoms with E-state index in [0.717, 1.165) is 0 Å². The van der Waals surface area contributed by atoms with Gasteiger partial charge in [-0.2, -0.15) is 4.98 Å². The van der Waals surface area contributed by atoms with Crippen LogP contribution in [-0.2, 0) is 4.79 Å². The molecule has 0 bridgehead atoms. The van der Waals surface area contributed by atoms with E-state index < -0.39 is 0 Å². The Morgan fingerprint density at radius 2 is 2.12 bits per heavy atom. The molecule has 0 saturated heterocycles. The van der Waals surface area contributed by atoms with Crippen molar-refractivity contribution in [1.82, 2.24) is 15.3 Å². The minimum atomic E-state index is -0.377. The number of hydrogen-bond donors (Lipinski definition) is 4. The third-order valence-electron chi connectivity index (χ3n) is 1.97. The van der Waals surface area contributed by atoms with Crippen molar-refractivity contribution >= 4 is 17.7 Å². The standard InChI is InChI=1S/C10H18N6O/c1-6(2)13-9(17)7(3)14-8-4-5-12-10(15-8)16-11/h4-7H,11H2,1-3H3,(H,13,17)(H2,12,14,15,16). The Bertz CT molecular complexity index is 381. The zero-order chi connectivity index (χ0) is 12.8. The van der Waals surface area contributed by atoms with E-state index in [-0.39, 0.29) is 18.0 Å². The number of rotatable bonds is 5. The minimum Gasteiger partial charge on any atom is -0.358 e. The zero-order valence-corrected chi connectivity index (χ0v) is 10.2. The van der Waals surface area contributed by atoms with Crippen LogP contribution in [0, 0.1) is 0 Å². The van der Waals surface area contributed by atoms with Gasteiger partial charge in [0.2, 0.25) is 11.9 Å². The van der Waals surface area contributed by atoms with Crippen molar-refractivity contribution < 1.29 is 4.79 Å². The predicted octanol–water partition coefficient (Wildman–Crippen LogP) is 0.0872. The Morgan fingerprint density at radius 3 is 2.71 bits per heavy atom. The predicted molar refractivity (Wildman–Crippen MR) is 66.2 cm³/mol. The Hall–Kier alpha value is -1.89. The molecule has 0 aliphatic carbocycles. The van der Waals surface area contributed by atoms with Gasteiger partial charge in [-0.15, -0.1) is 0 Å². The van der Waals surface area contributed by atoms with E-state index in [4.69, 9.17) is 5.84 Å². The van der Waals surface area contributed by atoms with Gasteiger partial charge < -0.3 is 10.6 Å². The maximum atomic E-state index is 11.7. The van der Waals surface area contributed by atoms with Crippen LogP contribution < -0.4 is 21.9 Å². The zero-order valence-electron chi connectivity index (χ0n) is 10.2. The molecule has 7 heteroatoms. The lowest BCUT2D eigenvalue weighted by molar-refractivity contribution is -0.122. The molecule has 1 aromatic heterocycles. The van der Waals surface area contributed by atoms with Gasteiger partial charge in [0.05, 0.1) is 0 Å². The topological polar surface area (TPSA) is 105 Å². The first kappa shape index (κ1) is 13.2. The fourth-order valence-electron chi connectivity index (χ4n) is 1.21. The minimum absolute atomic E-state index is 0.0825. The van der Waals surface area contributed by atoms with Gasteiger partial charge in [0.25, 0.3) is 0 Å². The van der Waals surface area contributed by atoms with Gasteiger partial charge >= 0.3 is 0 Å². The molecule has 0 radical (unpaired) electrons. The van der Waals surface area contributed by atoms with Crippen molar-refractivity contribution in [3.05, 3.63) is 12.3 Å². The Labute approximate surface area is 100 Å². The molecule has 0 fully saturated rings. The Morgan fingerprint density at radius 1 is 1.41 bits per heavy atom. The number of carbonyl (C=O) groups excluding carboxylic acids is 1. The molecule has 0 aliphatic heterocycles. The molecule has 1 aromatic rings. The fourth-order valence-corrected chi connectivity index (χ4v) is 1.21. The first-order valence-electron chi connectivity index (χ1n) is 5.39. The number of aromatic nitrogens is 2. The summed E-state index contributed by atoms with van der Waals surface area (Å²) >= 11 is 0. The molecule has 1 amide bonds. The molecule has 1 heterocycles. The number of anilines is 2. The number of nitrogens with one attached hydrogen (secondary N) is 3. The van der Waals surface area contributed by atoms with E-state index in [9.17, 15) is 4.79 Å². The third-order valence-corrected chi connectivity index (χ3v) is 1.97. The SMILES string of the molecule is CC(C)NC(=O)C(C)Nc1ccnc(NN)n1. The van der Waals surface area contributed by atoms with Crippen LogP contribution in [0.3, 0.4) is 0 Å². The van der Waals surface area contributed by atoms with Crippen LogP contribution in [0.4, 0.5) is 11.8 Å². The van der Waals surface area contributed by atoms with Crippen LogP contribution in [0.5, 0.6) is 0 Å². The summed E-state index contributed by atoms with van der Waals surface area (Å²) in [6, 6.07) is 1.40. The second kappa shape index (κ2) is 6.00. The molecule has 0 saturated carbocycles. The first-order valence-corrected chi connectivity index (χ1v) is 5.39. The lowest BCUT2D eigenvalue weighted by atomic mass is 10.3. The van der Waals surface area contributed by atoms with Gasteiger partial charge in [-0.05, 0) is 26.8 Å². The van der Waals surface area contributed by atoms with Crippen LogP contribution in [0.2, 0.25) is 0 Å². The average molecular weight is 238 g/mol. The summed E-state index contributed by atoms with van der Waals surface area (Å²) in [4.78, 5) is 19.6. The van der Waals surface area contributed by atoms with Crippen molar-refractivity contribution in [1.29, 1.82) is 0 Å². The average Bonchev–Trinajstić information content (AvgIpc) is 2.28. The molecule has 7 nitrogen and oxygen atoms in total. The summed E-state index contributed by atoms with van der Waals surface area (Å²) in [7, 11) is 0. The number of nitrogens with two attached hydrogens (primary N) is 1. The molecule has 0 aromatic carbocycles. The van der Waals surface area contributed by atoms with E-state index in [2.05, 4.69) is 26.0 Å². The Kier molecular flexibility index (Phi) is 4.65. The largest absolute Gasteiger partial charge is 0.358 e. The molecule has 1 unspecified atom stereocenters. The number of nitrogens with zero attached hydrogens (tertiary/aromatic N) is 2. The smallest absolute Gasteiger partial charge is 0.242 e. The number of hydrazine groups is 1. The number of nitrogen functional groups attached to an aromatic ring is 1. The monoisotopic (exact) mass is 238 g/mol. The van der Waals surface area contributed by atoms with Crippen molar-refractivity contribution in [2.24, 2.45) is 5.84 Å². The van der Waals surface area contributed by atoms with Crippen LogP contribution in [0.25, 0.3) is 0 Å². The molecular weight excluding hydrogens is 220 g/mol. The lowest BCUT2D eigenvalue weighted by Crippen LogP contribution is -2.41. The summed E-state index contributed by atoms with van der Waals surface area (Å²) < 4.78 is 0. The summed E-state index contributed by atoms with van der Waals surface area (Å²) in [6.45, 7) is 5.58. The number of carbonyl (C=O) groups is 1. The van der Waals surface area contributed by atoms with E-state index in [1.165, 1.54) is 0 Å². The number of amides is 1. The van der Waals surface area contributed by atoms with Crippen molar-refractivity contribution in [2.75, 3.05) is 10.7 Å². The molecule has 0 aliphatic rings. The van der Waals surface area contributed by atoms with E-state index in [0.29, 0.717) is 11.8 Å². The third kappa shape index (κ3) is 4.23. The van der Waals surface area contributed by atoms with Gasteiger partial charge in [-0.3, -0.25) is 10.2 Å². The van der Waals surface area contributed by atoms with Crippen molar-refractivity contribution in [2.45, 2.75) is 32.9 Å². The van der Waals surface area contributed by atoms with Crippen LogP contribution in [0.1, 0.15) is 20.8 Å². The van der Waals surface area contributed by atoms with E-state index >= 15 is 0 Å². The molecular formula is C10H18N6O. The van der Waals surface area contributed by atoms with Crippen molar-refractivity contribution in [3.63, 3.8) is 0 Å². The van der Waals surface area contributed by atoms with Gasteiger partial charge in [0.1, 0.15) is 11.9 Å². The van der Waals surface area contributed by atoms with Gasteiger partial charge in [0.15, 0.2) is 0 Å². The van der Waals surface area contributed by atoms with Crippen LogP contribution in [-0.4, -0.2) is 28.0 Å². The van der Waals surface area contributed by atoms with Gasteiger partial charge in [0, 0.05) is 12.2 Å². The summed E-state index contributed by atoms with van der Waals surface area (Å²) in [5.74, 6) is 5.95. The van der Waals surface area contributed by atoms with Crippen LogP contribution >= 0.6 is 0 Å². The molecule has 94 valence electrons. The highest BCUT2D eigenvalue weighted by atomic mass is 16.2. The summed E-state index contributed by atoms with van der Waals surface area (Å²) in [6.07, 6.45) is 1.55. The normalized spacial score (nSPS) is 12.1. The maximum Gasteiger partial charge on any atom is 0.242 e. The molecule has 1 atom stereocenters. The molecule has 17 heavy (non-hydrogen) atoms. The summed E-state index contributed by atoms with van der Waals surface area (Å²) in [5.41, 5.74) is 2.34. The van der Waals surface area contributed by atoms with Crippen molar-refractivity contribution in [3.8, 4) is 0 Å². The van der Waals surface area contributed by atoms with E-state index in [1.807, 2.05) is 13.8 Å². The molecule has 5 N–H and O–H groups in total. The summed E-state index contributed by atoms with van der Waals surface area (Å²) in [5, 5.41) is 5.77.